The van der Waals surface area contributed by atoms with Gasteiger partial charge in [0.05, 0.1) is 42.6 Å². The van der Waals surface area contributed by atoms with Gasteiger partial charge in [0, 0.05) is 39.5 Å². The number of rotatable bonds is 8. The molecule has 0 fully saturated rings. The van der Waals surface area contributed by atoms with Gasteiger partial charge in [-0.2, -0.15) is 40.7 Å². The van der Waals surface area contributed by atoms with Crippen molar-refractivity contribution in [1.29, 1.82) is 0 Å². The molecule has 6 rings (SSSR count). The molecule has 0 bridgehead atoms. The number of hydrazone groups is 2. The molecule has 57 heavy (non-hydrogen) atoms. The molecule has 2 aliphatic rings. The zero-order chi connectivity index (χ0) is 41.3. The van der Waals surface area contributed by atoms with Gasteiger partial charge in [0.1, 0.15) is 42.9 Å². The zero-order valence-electron chi connectivity index (χ0n) is 29.7. The number of phenols is 2. The molecule has 0 aliphatic carbocycles. The number of azo groups is 2. The molecule has 0 saturated heterocycles. The summed E-state index contributed by atoms with van der Waals surface area (Å²) in [5.41, 5.74) is 1.35. The van der Waals surface area contributed by atoms with Crippen LogP contribution in [0, 0.1) is 0 Å². The van der Waals surface area contributed by atoms with Crippen molar-refractivity contribution in [2.75, 3.05) is 10.0 Å². The molecule has 25 heteroatoms. The predicted octanol–water partition coefficient (Wildman–Crippen LogP) is 8.74. The van der Waals surface area contributed by atoms with Gasteiger partial charge in [-0.1, -0.05) is 58.5 Å². The number of nitrogens with one attached hydrogen (secondary N) is 2. The SMILES string of the molecule is CC1=NN(c2cccc(Cl)c2)C(=O)C1N=Nc1cc(Cl)c(S([NH-])(=O)=O)cc1O.CC1=NN(c2cccc(Cl)c2)C(=O)C1N=Nc1cc(Cl)c(S([NH-])(=O)=O)cc1O.[Cr].[H+]. The second kappa shape index (κ2) is 17.9. The van der Waals surface area contributed by atoms with Gasteiger partial charge in [0.2, 0.25) is 0 Å². The normalized spacial score (nSPS) is 17.1. The Bertz CT molecular complexity index is 2460. The standard InChI is InChI=1S/2C16H12Cl2N5O4S.Cr/c2*1-8-15(16(25)23(22-8)10-4-2-3-9(17)5-10)21-20-12-6-11(18)14(7-13(12)24)28(19,26)27;/h2*2-7,15H,1H3,(H2-,19,21,24,26,27);/q2*-1;/p+1. The van der Waals surface area contributed by atoms with Crippen molar-refractivity contribution in [1.82, 2.24) is 0 Å². The minimum absolute atomic E-state index is 0. The molecule has 18 nitrogen and oxygen atoms in total. The third kappa shape index (κ3) is 10.5. The quantitative estimate of drug-likeness (QED) is 0.161. The van der Waals surface area contributed by atoms with Gasteiger partial charge in [-0.15, -0.1) is 0 Å². The fraction of sp³-hybridized carbons (Fsp3) is 0.125. The molecular formula is C32H25Cl4CrN10O8S2-. The van der Waals surface area contributed by atoms with Gasteiger partial charge in [-0.05, 0) is 62.4 Å². The van der Waals surface area contributed by atoms with Crippen molar-refractivity contribution in [3.63, 3.8) is 0 Å². The Balaban J connectivity index is 0.000000300. The molecular weight excluding hydrogens is 910 g/mol. The number of amides is 2. The minimum Gasteiger partial charge on any atom is -0.560 e. The largest absolute Gasteiger partial charge is 1.00 e. The first kappa shape index (κ1) is 45.2. The first-order valence-electron chi connectivity index (χ1n) is 15.3. The summed E-state index contributed by atoms with van der Waals surface area (Å²) in [5, 5.41) is 60.2. The van der Waals surface area contributed by atoms with Crippen molar-refractivity contribution in [2.24, 2.45) is 30.7 Å². The number of carbonyl (C=O) groups is 2. The minimum atomic E-state index is -4.37. The van der Waals surface area contributed by atoms with E-state index >= 15 is 0 Å². The first-order valence-corrected chi connectivity index (χ1v) is 19.8. The molecule has 4 aromatic carbocycles. The van der Waals surface area contributed by atoms with Crippen LogP contribution >= 0.6 is 46.4 Å². The Morgan fingerprint density at radius 1 is 0.649 bits per heavy atom. The van der Waals surface area contributed by atoms with Gasteiger partial charge >= 0.3 is 1.43 Å². The maximum Gasteiger partial charge on any atom is 1.00 e. The van der Waals surface area contributed by atoms with Crippen molar-refractivity contribution in [2.45, 2.75) is 35.7 Å². The monoisotopic (exact) mass is 933 g/mol. The summed E-state index contributed by atoms with van der Waals surface area (Å²) in [7, 11) is -8.73. The van der Waals surface area contributed by atoms with Crippen LogP contribution in [0.4, 0.5) is 22.7 Å². The van der Waals surface area contributed by atoms with Crippen LogP contribution in [0.5, 0.6) is 11.5 Å². The van der Waals surface area contributed by atoms with Crippen LogP contribution in [0.25, 0.3) is 10.3 Å². The number of sulfonamides is 2. The number of hydrogen-bond acceptors (Lipinski definition) is 14. The Kier molecular flexibility index (Phi) is 14.2. The number of nitrogens with zero attached hydrogens (tertiary/aromatic N) is 8. The van der Waals surface area contributed by atoms with E-state index in [1.807, 2.05) is 0 Å². The zero-order valence-corrected chi connectivity index (χ0v) is 34.7. The van der Waals surface area contributed by atoms with Gasteiger partial charge < -0.3 is 20.5 Å². The van der Waals surface area contributed by atoms with Crippen LogP contribution < -0.4 is 10.0 Å². The van der Waals surface area contributed by atoms with Crippen LogP contribution in [0.1, 0.15) is 15.3 Å². The average molecular weight is 936 g/mol. The number of anilines is 2. The fourth-order valence-corrected chi connectivity index (χ4v) is 7.30. The van der Waals surface area contributed by atoms with Gasteiger partial charge in [0.25, 0.3) is 11.8 Å². The number of phenolic OH excluding ortho intramolecular Hbond substituents is 2. The van der Waals surface area contributed by atoms with Crippen molar-refractivity contribution < 1.29 is 55.4 Å². The van der Waals surface area contributed by atoms with Crippen LogP contribution in [0.2, 0.25) is 20.1 Å². The Morgan fingerprint density at radius 3 is 1.32 bits per heavy atom. The Labute approximate surface area is 356 Å². The topological polar surface area (TPSA) is 271 Å². The molecule has 2 heterocycles. The summed E-state index contributed by atoms with van der Waals surface area (Å²) >= 11 is 23.5. The Morgan fingerprint density at radius 2 is 1.00 bits per heavy atom. The number of hydrogen-bond donors (Lipinski definition) is 2. The van der Waals surface area contributed by atoms with E-state index in [1.54, 1.807) is 62.4 Å². The van der Waals surface area contributed by atoms with Crippen molar-refractivity contribution in [3.05, 3.63) is 103 Å². The fourth-order valence-electron chi connectivity index (χ4n) is 4.84. The van der Waals surface area contributed by atoms with E-state index in [0.717, 1.165) is 34.3 Å². The Hall–Kier alpha value is -4.53. The van der Waals surface area contributed by atoms with E-state index in [0.29, 0.717) is 32.8 Å². The van der Waals surface area contributed by atoms with E-state index in [9.17, 15) is 36.6 Å². The summed E-state index contributed by atoms with van der Waals surface area (Å²) in [6.07, 6.45) is 0. The summed E-state index contributed by atoms with van der Waals surface area (Å²) in [5.74, 6) is -2.05. The van der Waals surface area contributed by atoms with Crippen LogP contribution in [0.15, 0.2) is 113 Å². The number of carbonyl (C=O) groups excluding carboxylic acids is 2. The van der Waals surface area contributed by atoms with E-state index in [-0.39, 0.29) is 40.2 Å². The van der Waals surface area contributed by atoms with E-state index in [4.69, 9.17) is 56.7 Å². The summed E-state index contributed by atoms with van der Waals surface area (Å²) < 4.78 is 45.2. The van der Waals surface area contributed by atoms with Gasteiger partial charge in [-0.25, -0.2) is 16.8 Å². The molecule has 2 atom stereocenters. The molecule has 0 aromatic heterocycles. The van der Waals surface area contributed by atoms with Crippen LogP contribution in [0.3, 0.4) is 0 Å². The van der Waals surface area contributed by atoms with E-state index < -0.39 is 65.2 Å². The van der Waals surface area contributed by atoms with Gasteiger partial charge in [-0.3, -0.25) is 9.59 Å². The maximum atomic E-state index is 12.6. The second-order valence-electron chi connectivity index (χ2n) is 11.5. The van der Waals surface area contributed by atoms with Crippen LogP contribution in [-0.4, -0.2) is 62.4 Å². The maximum absolute atomic E-state index is 12.6. The average Bonchev–Trinajstić information content (AvgIpc) is 3.56. The van der Waals surface area contributed by atoms with E-state index in [1.165, 1.54) is 0 Å². The third-order valence-corrected chi connectivity index (χ3v) is 10.7. The number of halogens is 4. The van der Waals surface area contributed by atoms with E-state index in [2.05, 4.69) is 30.7 Å². The molecule has 0 radical (unpaired) electrons. The van der Waals surface area contributed by atoms with Crippen molar-refractivity contribution in [3.8, 4) is 11.5 Å². The summed E-state index contributed by atoms with van der Waals surface area (Å²) in [6.45, 7) is 3.18. The number of benzene rings is 4. The molecule has 4 aromatic rings. The molecule has 298 valence electrons. The molecule has 0 saturated carbocycles. The third-order valence-electron chi connectivity index (χ3n) is 7.50. The molecule has 2 amide bonds. The summed E-state index contributed by atoms with van der Waals surface area (Å²) in [4.78, 5) is 24.1. The van der Waals surface area contributed by atoms with Crippen LogP contribution in [-0.2, 0) is 47.0 Å². The molecule has 4 N–H and O–H groups in total. The predicted molar refractivity (Wildman–Crippen MR) is 211 cm³/mol. The van der Waals surface area contributed by atoms with Crippen molar-refractivity contribution >= 4 is 112 Å². The molecule has 2 aliphatic heterocycles. The molecule has 0 spiro atoms. The second-order valence-corrected chi connectivity index (χ2v) is 16.1. The molecule has 2 unspecified atom stereocenters. The summed E-state index contributed by atoms with van der Waals surface area (Å²) in [6, 6.07) is 14.8. The number of aromatic hydroxyl groups is 2. The smallest absolute Gasteiger partial charge is 0.560 e. The first-order chi connectivity index (χ1) is 26.1. The van der Waals surface area contributed by atoms with Gasteiger partial charge in [0.15, 0.2) is 12.1 Å².